The second kappa shape index (κ2) is 4.30. The van der Waals surface area contributed by atoms with Gasteiger partial charge in [0.2, 0.25) is 6.29 Å². The van der Waals surface area contributed by atoms with Gasteiger partial charge in [-0.2, -0.15) is 0 Å². The van der Waals surface area contributed by atoms with E-state index in [0.29, 0.717) is 19.7 Å². The lowest BCUT2D eigenvalue weighted by Gasteiger charge is -2.28. The zero-order chi connectivity index (χ0) is 8.97. The number of amides is 1. The molecule has 1 heterocycles. The molecular weight excluding hydrogens is 158 g/mol. The summed E-state index contributed by atoms with van der Waals surface area (Å²) < 4.78 is 9.85. The molecule has 0 saturated carbocycles. The van der Waals surface area contributed by atoms with Crippen molar-refractivity contribution in [3.05, 3.63) is 6.42 Å². The molecule has 1 unspecified atom stereocenters. The van der Waals surface area contributed by atoms with Gasteiger partial charge in [0, 0.05) is 13.1 Å². The molecule has 1 amide bonds. The summed E-state index contributed by atoms with van der Waals surface area (Å²) in [5.41, 5.74) is 0. The number of nitrogens with zero attached hydrogens (tertiary/aromatic N) is 1. The maximum atomic E-state index is 11.2. The number of hydrogen-bond donors (Lipinski definition) is 0. The van der Waals surface area contributed by atoms with E-state index in [0.717, 1.165) is 0 Å². The molecule has 4 heteroatoms. The maximum absolute atomic E-state index is 11.2. The van der Waals surface area contributed by atoms with Crippen LogP contribution in [0.15, 0.2) is 0 Å². The van der Waals surface area contributed by atoms with Gasteiger partial charge in [-0.05, 0) is 13.8 Å². The minimum Gasteiger partial charge on any atom is -0.419 e. The Morgan fingerprint density at radius 3 is 2.58 bits per heavy atom. The molecule has 1 radical (unpaired) electrons. The summed E-state index contributed by atoms with van der Waals surface area (Å²) in [5.74, 6) is 0. The van der Waals surface area contributed by atoms with E-state index in [2.05, 4.69) is 0 Å². The van der Waals surface area contributed by atoms with E-state index in [1.807, 2.05) is 13.8 Å². The predicted octanol–water partition coefficient (Wildman–Crippen LogP) is 1.03. The largest absolute Gasteiger partial charge is 0.419 e. The van der Waals surface area contributed by atoms with E-state index in [-0.39, 0.29) is 6.09 Å². The fraction of sp³-hybridized carbons (Fsp3) is 0.750. The summed E-state index contributed by atoms with van der Waals surface area (Å²) in [4.78, 5) is 12.8. The third kappa shape index (κ3) is 2.11. The van der Waals surface area contributed by atoms with Gasteiger partial charge in [0.1, 0.15) is 0 Å². The molecule has 0 aromatic carbocycles. The molecule has 1 rings (SSSR count). The van der Waals surface area contributed by atoms with Gasteiger partial charge in [0.05, 0.1) is 13.0 Å². The zero-order valence-corrected chi connectivity index (χ0v) is 7.45. The van der Waals surface area contributed by atoms with Gasteiger partial charge in [0.15, 0.2) is 0 Å². The Bertz CT molecular complexity index is 152. The Hall–Kier alpha value is -0.770. The summed E-state index contributed by atoms with van der Waals surface area (Å²) in [6.07, 6.45) is 1.08. The topological polar surface area (TPSA) is 38.8 Å². The highest BCUT2D eigenvalue weighted by molar-refractivity contribution is 5.67. The van der Waals surface area contributed by atoms with Crippen molar-refractivity contribution < 1.29 is 14.3 Å². The zero-order valence-electron chi connectivity index (χ0n) is 7.45. The first-order valence-corrected chi connectivity index (χ1v) is 4.18. The molecule has 1 aliphatic heterocycles. The highest BCUT2D eigenvalue weighted by Crippen LogP contribution is 2.12. The van der Waals surface area contributed by atoms with Crippen LogP contribution in [0.2, 0.25) is 0 Å². The van der Waals surface area contributed by atoms with Gasteiger partial charge < -0.3 is 14.4 Å². The minimum atomic E-state index is -0.418. The molecule has 0 aliphatic carbocycles. The van der Waals surface area contributed by atoms with E-state index in [1.54, 1.807) is 11.3 Å². The van der Waals surface area contributed by atoms with E-state index < -0.39 is 6.29 Å². The number of rotatable bonds is 3. The van der Waals surface area contributed by atoms with E-state index in [4.69, 9.17) is 9.47 Å². The molecule has 12 heavy (non-hydrogen) atoms. The first-order valence-electron chi connectivity index (χ1n) is 4.18. The molecule has 0 aromatic rings. The Balaban J connectivity index is 2.24. The first kappa shape index (κ1) is 9.32. The highest BCUT2D eigenvalue weighted by atomic mass is 16.7. The smallest absolute Gasteiger partial charge is 0.412 e. The van der Waals surface area contributed by atoms with Gasteiger partial charge >= 0.3 is 6.09 Å². The molecule has 4 nitrogen and oxygen atoms in total. The van der Waals surface area contributed by atoms with Crippen LogP contribution < -0.4 is 0 Å². The van der Waals surface area contributed by atoms with E-state index in [9.17, 15) is 4.79 Å². The van der Waals surface area contributed by atoms with Gasteiger partial charge in [0.25, 0.3) is 0 Å². The number of carbonyl (C=O) groups is 1. The monoisotopic (exact) mass is 172 g/mol. The van der Waals surface area contributed by atoms with Crippen molar-refractivity contribution in [3.8, 4) is 0 Å². The Kier molecular flexibility index (Phi) is 3.34. The van der Waals surface area contributed by atoms with Crippen LogP contribution in [0.3, 0.4) is 0 Å². The van der Waals surface area contributed by atoms with Crippen LogP contribution >= 0.6 is 0 Å². The average Bonchev–Trinajstić information content (AvgIpc) is 1.99. The SMILES string of the molecule is CCN(CC)C(=O)OC1[CH]CO1. The highest BCUT2D eigenvalue weighted by Gasteiger charge is 2.24. The molecule has 0 N–H and O–H groups in total. The summed E-state index contributed by atoms with van der Waals surface area (Å²) in [7, 11) is 0. The summed E-state index contributed by atoms with van der Waals surface area (Å²) in [6.45, 7) is 5.74. The van der Waals surface area contributed by atoms with Crippen LogP contribution in [-0.4, -0.2) is 37.0 Å². The third-order valence-corrected chi connectivity index (χ3v) is 1.79. The normalized spacial score (nSPS) is 21.3. The van der Waals surface area contributed by atoms with Crippen LogP contribution in [0.5, 0.6) is 0 Å². The van der Waals surface area contributed by atoms with Crippen LogP contribution in [0.1, 0.15) is 13.8 Å². The summed E-state index contributed by atoms with van der Waals surface area (Å²) in [6, 6.07) is 0. The van der Waals surface area contributed by atoms with Crippen LogP contribution in [0, 0.1) is 6.42 Å². The Labute approximate surface area is 72.4 Å². The molecule has 1 atom stereocenters. The fourth-order valence-electron chi connectivity index (χ4n) is 0.913. The number of ether oxygens (including phenoxy) is 2. The van der Waals surface area contributed by atoms with Crippen molar-refractivity contribution in [3.63, 3.8) is 0 Å². The molecule has 0 aromatic heterocycles. The van der Waals surface area contributed by atoms with Crippen LogP contribution in [0.25, 0.3) is 0 Å². The van der Waals surface area contributed by atoms with E-state index >= 15 is 0 Å². The molecule has 1 fully saturated rings. The lowest BCUT2D eigenvalue weighted by Crippen LogP contribution is -2.39. The second-order valence-electron chi connectivity index (χ2n) is 2.49. The van der Waals surface area contributed by atoms with Crippen molar-refractivity contribution in [1.82, 2.24) is 4.90 Å². The predicted molar refractivity (Wildman–Crippen MR) is 43.4 cm³/mol. The maximum Gasteiger partial charge on any atom is 0.412 e. The van der Waals surface area contributed by atoms with Crippen molar-refractivity contribution >= 4 is 6.09 Å². The van der Waals surface area contributed by atoms with Crippen molar-refractivity contribution in [2.45, 2.75) is 20.1 Å². The third-order valence-electron chi connectivity index (χ3n) is 1.79. The minimum absolute atomic E-state index is 0.305. The molecule has 1 aliphatic rings. The van der Waals surface area contributed by atoms with Crippen LogP contribution in [0.4, 0.5) is 4.79 Å². The summed E-state index contributed by atoms with van der Waals surface area (Å²) >= 11 is 0. The second-order valence-corrected chi connectivity index (χ2v) is 2.49. The summed E-state index contributed by atoms with van der Waals surface area (Å²) in [5, 5.41) is 0. The van der Waals surface area contributed by atoms with E-state index in [1.165, 1.54) is 0 Å². The van der Waals surface area contributed by atoms with Gasteiger partial charge in [-0.15, -0.1) is 0 Å². The Morgan fingerprint density at radius 1 is 1.67 bits per heavy atom. The lowest BCUT2D eigenvalue weighted by molar-refractivity contribution is -0.141. The first-order chi connectivity index (χ1) is 5.77. The molecule has 0 spiro atoms. The van der Waals surface area contributed by atoms with Gasteiger partial charge in [-0.1, -0.05) is 0 Å². The lowest BCUT2D eigenvalue weighted by atomic mass is 10.3. The Morgan fingerprint density at radius 2 is 2.25 bits per heavy atom. The van der Waals surface area contributed by atoms with Gasteiger partial charge in [-0.25, -0.2) is 4.79 Å². The molecular formula is C8H14NO3. The number of hydrogen-bond acceptors (Lipinski definition) is 3. The van der Waals surface area contributed by atoms with Crippen molar-refractivity contribution in [1.29, 1.82) is 0 Å². The average molecular weight is 172 g/mol. The molecule has 1 saturated heterocycles. The van der Waals surface area contributed by atoms with Gasteiger partial charge in [-0.3, -0.25) is 0 Å². The number of carbonyl (C=O) groups excluding carboxylic acids is 1. The molecule has 0 bridgehead atoms. The molecule has 69 valence electrons. The quantitative estimate of drug-likeness (QED) is 0.638. The van der Waals surface area contributed by atoms with Crippen molar-refractivity contribution in [2.75, 3.05) is 19.7 Å². The van der Waals surface area contributed by atoms with Crippen molar-refractivity contribution in [2.24, 2.45) is 0 Å². The fourth-order valence-corrected chi connectivity index (χ4v) is 0.913. The van der Waals surface area contributed by atoms with Crippen LogP contribution in [-0.2, 0) is 9.47 Å². The standard InChI is InChI=1S/C8H14NO3/c1-3-9(4-2)8(10)12-7-5-6-11-7/h5,7H,3-4,6H2,1-2H3.